The number of hydrogen-bond acceptors (Lipinski definition) is 5. The zero-order chi connectivity index (χ0) is 20.3. The molecule has 0 radical (unpaired) electrons. The molecule has 0 saturated heterocycles. The molecule has 0 aliphatic rings. The minimum absolute atomic E-state index is 0.00905. The summed E-state index contributed by atoms with van der Waals surface area (Å²) < 4.78 is 0. The highest BCUT2D eigenvalue weighted by molar-refractivity contribution is 6.03. The molecule has 28 heavy (non-hydrogen) atoms. The third-order valence-corrected chi connectivity index (χ3v) is 4.11. The van der Waals surface area contributed by atoms with Gasteiger partial charge in [-0.15, -0.1) is 0 Å². The normalized spacial score (nSPS) is 10.4. The van der Waals surface area contributed by atoms with E-state index in [-0.39, 0.29) is 17.4 Å². The van der Waals surface area contributed by atoms with Gasteiger partial charge in [0.25, 0.3) is 5.91 Å². The largest absolute Gasteiger partial charge is 0.340 e. The molecule has 0 spiro atoms. The maximum absolute atomic E-state index is 12.6. The lowest BCUT2D eigenvalue weighted by atomic mass is 10.1. The van der Waals surface area contributed by atoms with E-state index >= 15 is 0 Å². The van der Waals surface area contributed by atoms with Crippen molar-refractivity contribution in [2.45, 2.75) is 27.7 Å². The molecule has 1 amide bonds. The summed E-state index contributed by atoms with van der Waals surface area (Å²) >= 11 is 0. The molecule has 1 aromatic heterocycles. The van der Waals surface area contributed by atoms with Crippen molar-refractivity contribution < 1.29 is 9.59 Å². The van der Waals surface area contributed by atoms with Crippen molar-refractivity contribution in [2.24, 2.45) is 0 Å². The van der Waals surface area contributed by atoms with E-state index in [0.717, 1.165) is 22.5 Å². The third-order valence-electron chi connectivity index (χ3n) is 4.11. The highest BCUT2D eigenvalue weighted by atomic mass is 16.2. The second-order valence-corrected chi connectivity index (χ2v) is 6.77. The Morgan fingerprint density at radius 3 is 2.07 bits per heavy atom. The summed E-state index contributed by atoms with van der Waals surface area (Å²) in [6.45, 7) is 7.22. The SMILES string of the molecule is CC(=O)c1ccc(Nc2cc(C(=O)Nc3cc(C)cc(C)c3)nc(C)n2)cc1. The molecule has 3 aromatic rings. The van der Waals surface area contributed by atoms with Crippen LogP contribution in [0.5, 0.6) is 0 Å². The molecule has 0 aliphatic carbocycles. The van der Waals surface area contributed by atoms with Crippen LogP contribution in [0.3, 0.4) is 0 Å². The summed E-state index contributed by atoms with van der Waals surface area (Å²) in [5.74, 6) is 0.699. The molecule has 0 bridgehead atoms. The van der Waals surface area contributed by atoms with Gasteiger partial charge in [-0.2, -0.15) is 0 Å². The van der Waals surface area contributed by atoms with Gasteiger partial charge >= 0.3 is 0 Å². The van der Waals surface area contributed by atoms with Gasteiger partial charge in [0, 0.05) is 23.0 Å². The number of anilines is 3. The molecule has 2 aromatic carbocycles. The van der Waals surface area contributed by atoms with Crippen LogP contribution < -0.4 is 10.6 Å². The first-order chi connectivity index (χ1) is 13.3. The van der Waals surface area contributed by atoms with Crippen LogP contribution in [-0.2, 0) is 0 Å². The van der Waals surface area contributed by atoms with Gasteiger partial charge in [0.2, 0.25) is 0 Å². The topological polar surface area (TPSA) is 84.0 Å². The average Bonchev–Trinajstić information content (AvgIpc) is 2.60. The maximum atomic E-state index is 12.6. The van der Waals surface area contributed by atoms with Gasteiger partial charge in [-0.05, 0) is 75.2 Å². The van der Waals surface area contributed by atoms with Crippen LogP contribution in [0, 0.1) is 20.8 Å². The standard InChI is InChI=1S/C22H22N4O2/c1-13-9-14(2)11-19(10-13)26-22(28)20-12-21(24-16(4)23-20)25-18-7-5-17(6-8-18)15(3)27/h5-12H,1-4H3,(H,26,28)(H,23,24,25). The van der Waals surface area contributed by atoms with Crippen LogP contribution in [0.15, 0.2) is 48.5 Å². The van der Waals surface area contributed by atoms with E-state index in [4.69, 9.17) is 0 Å². The Morgan fingerprint density at radius 1 is 0.821 bits per heavy atom. The number of carbonyl (C=O) groups is 2. The van der Waals surface area contributed by atoms with Crippen LogP contribution >= 0.6 is 0 Å². The van der Waals surface area contributed by atoms with Crippen molar-refractivity contribution in [2.75, 3.05) is 10.6 Å². The molecule has 2 N–H and O–H groups in total. The monoisotopic (exact) mass is 374 g/mol. The van der Waals surface area contributed by atoms with Gasteiger partial charge < -0.3 is 10.6 Å². The number of benzene rings is 2. The first-order valence-corrected chi connectivity index (χ1v) is 8.93. The van der Waals surface area contributed by atoms with Crippen molar-refractivity contribution >= 4 is 28.9 Å². The molecular formula is C22H22N4O2. The number of aromatic nitrogens is 2. The molecule has 1 heterocycles. The Labute approximate surface area is 164 Å². The van der Waals surface area contributed by atoms with E-state index in [1.807, 2.05) is 32.0 Å². The van der Waals surface area contributed by atoms with Crippen molar-refractivity contribution in [3.63, 3.8) is 0 Å². The van der Waals surface area contributed by atoms with Gasteiger partial charge in [0.1, 0.15) is 17.3 Å². The molecule has 0 fully saturated rings. The Bertz CT molecular complexity index is 1020. The Hall–Kier alpha value is -3.54. The number of carbonyl (C=O) groups excluding carboxylic acids is 2. The van der Waals surface area contributed by atoms with Crippen molar-refractivity contribution in [3.8, 4) is 0 Å². The van der Waals surface area contributed by atoms with Gasteiger partial charge in [-0.1, -0.05) is 6.07 Å². The first-order valence-electron chi connectivity index (χ1n) is 8.93. The lowest BCUT2D eigenvalue weighted by Crippen LogP contribution is -2.15. The number of aryl methyl sites for hydroxylation is 3. The number of amides is 1. The van der Waals surface area contributed by atoms with E-state index < -0.39 is 0 Å². The smallest absolute Gasteiger partial charge is 0.274 e. The molecule has 0 unspecified atom stereocenters. The summed E-state index contributed by atoms with van der Waals surface area (Å²) in [7, 11) is 0. The zero-order valence-corrected chi connectivity index (χ0v) is 16.3. The summed E-state index contributed by atoms with van der Waals surface area (Å²) in [5, 5.41) is 6.03. The van der Waals surface area contributed by atoms with Crippen LogP contribution in [0.1, 0.15) is 44.7 Å². The molecular weight excluding hydrogens is 352 g/mol. The lowest BCUT2D eigenvalue weighted by molar-refractivity contribution is 0.101. The number of Topliss-reactive ketones (excluding diaryl/α,β-unsaturated/α-hetero) is 1. The average molecular weight is 374 g/mol. The van der Waals surface area contributed by atoms with Crippen molar-refractivity contribution in [1.29, 1.82) is 0 Å². The van der Waals surface area contributed by atoms with Crippen LogP contribution in [0.2, 0.25) is 0 Å². The lowest BCUT2D eigenvalue weighted by Gasteiger charge is -2.10. The quantitative estimate of drug-likeness (QED) is 0.638. The van der Waals surface area contributed by atoms with Crippen LogP contribution in [0.25, 0.3) is 0 Å². The number of rotatable bonds is 5. The van der Waals surface area contributed by atoms with Crippen LogP contribution in [-0.4, -0.2) is 21.7 Å². The second-order valence-electron chi connectivity index (χ2n) is 6.77. The summed E-state index contributed by atoms with van der Waals surface area (Å²) in [6.07, 6.45) is 0. The molecule has 142 valence electrons. The molecule has 0 atom stereocenters. The van der Waals surface area contributed by atoms with Gasteiger partial charge in [0.05, 0.1) is 0 Å². The highest BCUT2D eigenvalue weighted by Crippen LogP contribution is 2.18. The molecule has 3 rings (SSSR count). The van der Waals surface area contributed by atoms with E-state index in [1.165, 1.54) is 6.92 Å². The third kappa shape index (κ3) is 4.79. The fraction of sp³-hybridized carbons (Fsp3) is 0.182. The number of ketones is 1. The summed E-state index contributed by atoms with van der Waals surface area (Å²) in [6, 6.07) is 14.5. The summed E-state index contributed by atoms with van der Waals surface area (Å²) in [4.78, 5) is 32.6. The van der Waals surface area contributed by atoms with Crippen molar-refractivity contribution in [1.82, 2.24) is 9.97 Å². The van der Waals surface area contributed by atoms with Gasteiger partial charge in [0.15, 0.2) is 5.78 Å². The Balaban J connectivity index is 1.80. The molecule has 0 saturated carbocycles. The van der Waals surface area contributed by atoms with E-state index in [2.05, 4.69) is 20.6 Å². The van der Waals surface area contributed by atoms with E-state index in [9.17, 15) is 9.59 Å². The minimum atomic E-state index is -0.300. The van der Waals surface area contributed by atoms with Gasteiger partial charge in [-0.25, -0.2) is 9.97 Å². The minimum Gasteiger partial charge on any atom is -0.340 e. The fourth-order valence-electron chi connectivity index (χ4n) is 2.93. The van der Waals surface area contributed by atoms with E-state index in [0.29, 0.717) is 17.2 Å². The predicted molar refractivity (Wildman–Crippen MR) is 110 cm³/mol. The fourth-order valence-corrected chi connectivity index (χ4v) is 2.93. The Morgan fingerprint density at radius 2 is 1.46 bits per heavy atom. The highest BCUT2D eigenvalue weighted by Gasteiger charge is 2.12. The molecule has 0 aliphatic heterocycles. The maximum Gasteiger partial charge on any atom is 0.274 e. The Kier molecular flexibility index (Phi) is 5.49. The van der Waals surface area contributed by atoms with E-state index in [1.54, 1.807) is 37.3 Å². The molecule has 6 heteroatoms. The molecule has 6 nitrogen and oxygen atoms in total. The van der Waals surface area contributed by atoms with Crippen molar-refractivity contribution in [3.05, 3.63) is 76.7 Å². The number of nitrogens with one attached hydrogen (secondary N) is 2. The number of hydrogen-bond donors (Lipinski definition) is 2. The zero-order valence-electron chi connectivity index (χ0n) is 16.3. The predicted octanol–water partition coefficient (Wildman–Crippen LogP) is 4.60. The number of nitrogens with zero attached hydrogens (tertiary/aromatic N) is 2. The second kappa shape index (κ2) is 8.00. The first kappa shape index (κ1) is 19.2. The van der Waals surface area contributed by atoms with Gasteiger partial charge in [-0.3, -0.25) is 9.59 Å². The van der Waals surface area contributed by atoms with Crippen LogP contribution in [0.4, 0.5) is 17.2 Å². The summed E-state index contributed by atoms with van der Waals surface area (Å²) in [5.41, 5.74) is 4.56.